The fourth-order valence-electron chi connectivity index (χ4n) is 3.29. The molecule has 0 aliphatic rings. The van der Waals surface area contributed by atoms with Gasteiger partial charge in [0.1, 0.15) is 17.5 Å². The number of rotatable bonds is 11. The number of benzene rings is 1. The van der Waals surface area contributed by atoms with Crippen molar-refractivity contribution in [2.24, 2.45) is 0 Å². The van der Waals surface area contributed by atoms with Crippen molar-refractivity contribution in [1.82, 2.24) is 20.6 Å². The first-order valence-corrected chi connectivity index (χ1v) is 10.2. The van der Waals surface area contributed by atoms with E-state index in [2.05, 4.69) is 20.6 Å². The molecule has 0 radical (unpaired) electrons. The predicted octanol–water partition coefficient (Wildman–Crippen LogP) is 2.73. The standard InChI is InChI=1S/C24H28N4O3/c1-30-20-7-8-22(31-2)21(15-20)23(27-13-9-18-5-3-11-25-16-18)24(29)28-14-10-19-6-4-12-26-17-19/h3-8,11-12,15-17,23,27H,9-10,13-14H2,1-2H3,(H,28,29). The lowest BCUT2D eigenvalue weighted by molar-refractivity contribution is -0.123. The van der Waals surface area contributed by atoms with Gasteiger partial charge < -0.3 is 20.1 Å². The quantitative estimate of drug-likeness (QED) is 0.496. The van der Waals surface area contributed by atoms with E-state index >= 15 is 0 Å². The predicted molar refractivity (Wildman–Crippen MR) is 119 cm³/mol. The number of carbonyl (C=O) groups is 1. The van der Waals surface area contributed by atoms with Gasteiger partial charge in [-0.2, -0.15) is 0 Å². The minimum atomic E-state index is -0.587. The van der Waals surface area contributed by atoms with Crippen LogP contribution < -0.4 is 20.1 Å². The number of nitrogens with zero attached hydrogens (tertiary/aromatic N) is 2. The molecule has 0 aliphatic carbocycles. The molecule has 7 heteroatoms. The van der Waals surface area contributed by atoms with Crippen molar-refractivity contribution >= 4 is 5.91 Å². The summed E-state index contributed by atoms with van der Waals surface area (Å²) < 4.78 is 10.9. The third-order valence-electron chi connectivity index (χ3n) is 4.93. The number of nitrogens with one attached hydrogen (secondary N) is 2. The molecule has 1 atom stereocenters. The van der Waals surface area contributed by atoms with E-state index in [9.17, 15) is 4.79 Å². The Morgan fingerprint density at radius 1 is 0.935 bits per heavy atom. The average molecular weight is 421 g/mol. The Bertz CT molecular complexity index is 952. The van der Waals surface area contributed by atoms with Crippen molar-refractivity contribution < 1.29 is 14.3 Å². The van der Waals surface area contributed by atoms with Crippen LogP contribution in [0.25, 0.3) is 0 Å². The van der Waals surface area contributed by atoms with E-state index in [4.69, 9.17) is 9.47 Å². The smallest absolute Gasteiger partial charge is 0.241 e. The molecule has 0 bridgehead atoms. The van der Waals surface area contributed by atoms with E-state index < -0.39 is 6.04 Å². The molecule has 3 aromatic rings. The molecule has 1 aromatic carbocycles. The van der Waals surface area contributed by atoms with Crippen LogP contribution in [0.4, 0.5) is 0 Å². The third-order valence-corrected chi connectivity index (χ3v) is 4.93. The van der Waals surface area contributed by atoms with Crippen molar-refractivity contribution in [3.05, 3.63) is 83.9 Å². The van der Waals surface area contributed by atoms with E-state index in [0.29, 0.717) is 31.0 Å². The summed E-state index contributed by atoms with van der Waals surface area (Å²) in [7, 11) is 3.20. The van der Waals surface area contributed by atoms with E-state index in [1.807, 2.05) is 48.7 Å². The topological polar surface area (TPSA) is 85.4 Å². The van der Waals surface area contributed by atoms with Crippen molar-refractivity contribution in [2.75, 3.05) is 27.3 Å². The maximum Gasteiger partial charge on any atom is 0.241 e. The van der Waals surface area contributed by atoms with Crippen LogP contribution in [-0.4, -0.2) is 43.2 Å². The van der Waals surface area contributed by atoms with Gasteiger partial charge in [-0.1, -0.05) is 12.1 Å². The van der Waals surface area contributed by atoms with Crippen LogP contribution in [0, 0.1) is 0 Å². The molecular formula is C24H28N4O3. The molecule has 0 spiro atoms. The molecule has 2 N–H and O–H groups in total. The first-order chi connectivity index (χ1) is 15.2. The zero-order valence-corrected chi connectivity index (χ0v) is 17.9. The van der Waals surface area contributed by atoms with Crippen LogP contribution in [0.5, 0.6) is 11.5 Å². The van der Waals surface area contributed by atoms with Crippen LogP contribution in [0.15, 0.2) is 67.3 Å². The lowest BCUT2D eigenvalue weighted by atomic mass is 10.0. The molecule has 1 unspecified atom stereocenters. The first-order valence-electron chi connectivity index (χ1n) is 10.2. The lowest BCUT2D eigenvalue weighted by Gasteiger charge is -2.21. The molecule has 0 saturated heterocycles. The van der Waals surface area contributed by atoms with Gasteiger partial charge in [0.15, 0.2) is 0 Å². The Morgan fingerprint density at radius 2 is 1.61 bits per heavy atom. The summed E-state index contributed by atoms with van der Waals surface area (Å²) >= 11 is 0. The molecule has 0 saturated carbocycles. The monoisotopic (exact) mass is 420 g/mol. The Kier molecular flexibility index (Phi) is 8.37. The second kappa shape index (κ2) is 11.7. The van der Waals surface area contributed by atoms with E-state index in [1.165, 1.54) is 0 Å². The number of aromatic nitrogens is 2. The minimum Gasteiger partial charge on any atom is -0.497 e. The van der Waals surface area contributed by atoms with Crippen LogP contribution >= 0.6 is 0 Å². The Balaban J connectivity index is 1.72. The highest BCUT2D eigenvalue weighted by Crippen LogP contribution is 2.29. The fraction of sp³-hybridized carbons (Fsp3) is 0.292. The summed E-state index contributed by atoms with van der Waals surface area (Å²) in [4.78, 5) is 21.4. The third kappa shape index (κ3) is 6.52. The van der Waals surface area contributed by atoms with Gasteiger partial charge in [0.05, 0.1) is 14.2 Å². The van der Waals surface area contributed by atoms with Gasteiger partial charge in [-0.3, -0.25) is 14.8 Å². The molecule has 7 nitrogen and oxygen atoms in total. The van der Waals surface area contributed by atoms with Gasteiger partial charge in [-0.25, -0.2) is 0 Å². The minimum absolute atomic E-state index is 0.123. The van der Waals surface area contributed by atoms with Crippen LogP contribution in [0.1, 0.15) is 22.7 Å². The van der Waals surface area contributed by atoms with Crippen molar-refractivity contribution in [3.63, 3.8) is 0 Å². The SMILES string of the molecule is COc1ccc(OC)c(C(NCCc2cccnc2)C(=O)NCCc2cccnc2)c1. The van der Waals surface area contributed by atoms with Crippen molar-refractivity contribution in [3.8, 4) is 11.5 Å². The summed E-state index contributed by atoms with van der Waals surface area (Å²) in [5, 5.41) is 6.40. The van der Waals surface area contributed by atoms with E-state index in [0.717, 1.165) is 23.1 Å². The molecule has 162 valence electrons. The molecule has 2 heterocycles. The van der Waals surface area contributed by atoms with E-state index in [-0.39, 0.29) is 5.91 Å². The Labute approximate surface area is 182 Å². The number of hydrogen-bond donors (Lipinski definition) is 2. The average Bonchev–Trinajstić information content (AvgIpc) is 2.82. The molecule has 3 rings (SSSR count). The van der Waals surface area contributed by atoms with Gasteiger partial charge in [-0.15, -0.1) is 0 Å². The molecule has 0 fully saturated rings. The zero-order chi connectivity index (χ0) is 21.9. The normalized spacial score (nSPS) is 11.5. The number of amides is 1. The number of ether oxygens (including phenoxy) is 2. The molecule has 31 heavy (non-hydrogen) atoms. The highest BCUT2D eigenvalue weighted by atomic mass is 16.5. The lowest BCUT2D eigenvalue weighted by Crippen LogP contribution is -2.39. The summed E-state index contributed by atoms with van der Waals surface area (Å²) in [6.45, 7) is 1.12. The summed E-state index contributed by atoms with van der Waals surface area (Å²) in [5.41, 5.74) is 2.90. The van der Waals surface area contributed by atoms with Crippen LogP contribution in [0.3, 0.4) is 0 Å². The summed E-state index contributed by atoms with van der Waals surface area (Å²) in [6, 6.07) is 12.7. The number of methoxy groups -OCH3 is 2. The zero-order valence-electron chi connectivity index (χ0n) is 17.9. The van der Waals surface area contributed by atoms with E-state index in [1.54, 1.807) is 32.8 Å². The second-order valence-corrected chi connectivity index (χ2v) is 7.01. The van der Waals surface area contributed by atoms with Crippen molar-refractivity contribution in [1.29, 1.82) is 0 Å². The molecule has 0 aliphatic heterocycles. The van der Waals surface area contributed by atoms with Gasteiger partial charge in [-0.05, 0) is 54.3 Å². The Morgan fingerprint density at radius 3 is 2.19 bits per heavy atom. The highest BCUT2D eigenvalue weighted by Gasteiger charge is 2.24. The maximum absolute atomic E-state index is 13.1. The molecule has 1 amide bonds. The first kappa shape index (κ1) is 22.2. The van der Waals surface area contributed by atoms with Gasteiger partial charge >= 0.3 is 0 Å². The van der Waals surface area contributed by atoms with Gasteiger partial charge in [0.25, 0.3) is 0 Å². The highest BCUT2D eigenvalue weighted by molar-refractivity contribution is 5.84. The van der Waals surface area contributed by atoms with Crippen LogP contribution in [-0.2, 0) is 17.6 Å². The van der Waals surface area contributed by atoms with Crippen molar-refractivity contribution in [2.45, 2.75) is 18.9 Å². The largest absolute Gasteiger partial charge is 0.497 e. The molecular weight excluding hydrogens is 392 g/mol. The summed E-state index contributed by atoms with van der Waals surface area (Å²) in [5.74, 6) is 1.17. The fourth-order valence-corrected chi connectivity index (χ4v) is 3.29. The number of carbonyl (C=O) groups excluding carboxylic acids is 1. The Hall–Kier alpha value is -3.45. The molecule has 2 aromatic heterocycles. The second-order valence-electron chi connectivity index (χ2n) is 7.01. The number of hydrogen-bond acceptors (Lipinski definition) is 6. The van der Waals surface area contributed by atoms with Gasteiger partial charge in [0.2, 0.25) is 5.91 Å². The summed E-state index contributed by atoms with van der Waals surface area (Å²) in [6.07, 6.45) is 8.57. The van der Waals surface area contributed by atoms with Crippen LogP contribution in [0.2, 0.25) is 0 Å². The van der Waals surface area contributed by atoms with Gasteiger partial charge in [0, 0.05) is 43.4 Å². The maximum atomic E-state index is 13.1. The number of pyridine rings is 2.